The fraction of sp³-hybridized carbons (Fsp3) is 0.318. The molecule has 0 bridgehead atoms. The van der Waals surface area contributed by atoms with E-state index < -0.39 is 0 Å². The lowest BCUT2D eigenvalue weighted by atomic mass is 10.1. The van der Waals surface area contributed by atoms with Crippen molar-refractivity contribution in [2.24, 2.45) is 0 Å². The number of likely N-dealkylation sites (tertiary alicyclic amines) is 1. The highest BCUT2D eigenvalue weighted by Gasteiger charge is 2.18. The monoisotopic (exact) mass is 377 g/mol. The molecule has 0 saturated carbocycles. The Morgan fingerprint density at radius 3 is 2.56 bits per heavy atom. The molecular formula is C22H23N3OS. The van der Waals surface area contributed by atoms with Crippen LogP contribution in [0.4, 0.5) is 0 Å². The molecule has 1 fully saturated rings. The molecule has 0 atom stereocenters. The number of fused-ring (bicyclic) bond motifs is 1. The first kappa shape index (κ1) is 18.0. The Labute approximate surface area is 164 Å². The van der Waals surface area contributed by atoms with Gasteiger partial charge in [-0.15, -0.1) is 0 Å². The summed E-state index contributed by atoms with van der Waals surface area (Å²) in [6.45, 7) is 3.84. The standard InChI is InChI=1S/C22H23N3OS/c1-16-9-8-12-18-20(16)23-21(17-10-4-2-5-11-17)24-22(18)27-15-19(26)25-13-6-3-7-14-25/h2,4-5,8-12H,3,6-7,13-15H2,1H3. The lowest BCUT2D eigenvalue weighted by Gasteiger charge is -2.26. The molecule has 1 aliphatic rings. The van der Waals surface area contributed by atoms with E-state index in [-0.39, 0.29) is 5.91 Å². The molecule has 1 aliphatic heterocycles. The molecule has 5 heteroatoms. The van der Waals surface area contributed by atoms with Crippen molar-refractivity contribution in [1.29, 1.82) is 0 Å². The van der Waals surface area contributed by atoms with Crippen LogP contribution in [-0.4, -0.2) is 39.6 Å². The van der Waals surface area contributed by atoms with E-state index in [1.54, 1.807) is 0 Å². The fourth-order valence-corrected chi connectivity index (χ4v) is 4.37. The number of aryl methyl sites for hydroxylation is 1. The summed E-state index contributed by atoms with van der Waals surface area (Å²) in [5, 5.41) is 1.90. The van der Waals surface area contributed by atoms with E-state index in [1.807, 2.05) is 47.4 Å². The van der Waals surface area contributed by atoms with Gasteiger partial charge >= 0.3 is 0 Å². The molecule has 138 valence electrons. The molecule has 4 nitrogen and oxygen atoms in total. The molecule has 0 spiro atoms. The van der Waals surface area contributed by atoms with E-state index in [9.17, 15) is 4.79 Å². The second-order valence-electron chi connectivity index (χ2n) is 6.92. The maximum Gasteiger partial charge on any atom is 0.232 e. The van der Waals surface area contributed by atoms with E-state index in [1.165, 1.54) is 18.2 Å². The number of benzene rings is 2. The van der Waals surface area contributed by atoms with Crippen LogP contribution in [0.3, 0.4) is 0 Å². The second kappa shape index (κ2) is 8.09. The Balaban J connectivity index is 1.66. The SMILES string of the molecule is Cc1cccc2c(SCC(=O)N3CCCCC3)nc(-c3ccccc3)nc12. The summed E-state index contributed by atoms with van der Waals surface area (Å²) < 4.78 is 0. The Hall–Kier alpha value is -2.40. The third-order valence-electron chi connectivity index (χ3n) is 4.97. The van der Waals surface area contributed by atoms with Crippen LogP contribution in [0.25, 0.3) is 22.3 Å². The minimum Gasteiger partial charge on any atom is -0.342 e. The van der Waals surface area contributed by atoms with Crippen molar-refractivity contribution in [3.63, 3.8) is 0 Å². The summed E-state index contributed by atoms with van der Waals surface area (Å²) in [6.07, 6.45) is 3.46. The average Bonchev–Trinajstić information content (AvgIpc) is 2.73. The number of carbonyl (C=O) groups excluding carboxylic acids is 1. The van der Waals surface area contributed by atoms with Crippen molar-refractivity contribution in [1.82, 2.24) is 14.9 Å². The minimum atomic E-state index is 0.209. The van der Waals surface area contributed by atoms with Gasteiger partial charge in [0.25, 0.3) is 0 Å². The maximum absolute atomic E-state index is 12.6. The van der Waals surface area contributed by atoms with Crippen molar-refractivity contribution in [2.45, 2.75) is 31.2 Å². The van der Waals surface area contributed by atoms with Gasteiger partial charge in [-0.05, 0) is 31.7 Å². The predicted molar refractivity (Wildman–Crippen MR) is 111 cm³/mol. The molecule has 0 N–H and O–H groups in total. The first-order valence-corrected chi connectivity index (χ1v) is 10.4. The molecule has 0 radical (unpaired) electrons. The van der Waals surface area contributed by atoms with E-state index in [2.05, 4.69) is 13.0 Å². The Morgan fingerprint density at radius 2 is 1.78 bits per heavy atom. The van der Waals surface area contributed by atoms with Gasteiger partial charge in [0.15, 0.2) is 5.82 Å². The highest BCUT2D eigenvalue weighted by molar-refractivity contribution is 8.00. The topological polar surface area (TPSA) is 46.1 Å². The average molecular weight is 378 g/mol. The molecule has 1 saturated heterocycles. The third-order valence-corrected chi connectivity index (χ3v) is 5.94. The fourth-order valence-electron chi connectivity index (χ4n) is 3.46. The number of carbonyl (C=O) groups is 1. The number of thioether (sulfide) groups is 1. The molecule has 0 aliphatic carbocycles. The molecule has 4 rings (SSSR count). The van der Waals surface area contributed by atoms with Crippen molar-refractivity contribution in [3.8, 4) is 11.4 Å². The number of hydrogen-bond donors (Lipinski definition) is 0. The van der Waals surface area contributed by atoms with Crippen molar-refractivity contribution in [2.75, 3.05) is 18.8 Å². The lowest BCUT2D eigenvalue weighted by Crippen LogP contribution is -2.36. The number of rotatable bonds is 4. The lowest BCUT2D eigenvalue weighted by molar-refractivity contribution is -0.129. The van der Waals surface area contributed by atoms with Crippen LogP contribution in [0, 0.1) is 6.92 Å². The van der Waals surface area contributed by atoms with Crippen LogP contribution in [0.2, 0.25) is 0 Å². The zero-order valence-corrected chi connectivity index (χ0v) is 16.3. The quantitative estimate of drug-likeness (QED) is 0.488. The van der Waals surface area contributed by atoms with Crippen LogP contribution in [0.1, 0.15) is 24.8 Å². The first-order chi connectivity index (χ1) is 13.2. The van der Waals surface area contributed by atoms with Gasteiger partial charge in [0, 0.05) is 24.0 Å². The van der Waals surface area contributed by atoms with Gasteiger partial charge in [0.2, 0.25) is 5.91 Å². The summed E-state index contributed by atoms with van der Waals surface area (Å²) in [6, 6.07) is 16.2. The zero-order chi connectivity index (χ0) is 18.6. The molecule has 0 unspecified atom stereocenters. The van der Waals surface area contributed by atoms with Gasteiger partial charge in [-0.25, -0.2) is 9.97 Å². The molecule has 3 aromatic rings. The third kappa shape index (κ3) is 3.98. The summed E-state index contributed by atoms with van der Waals surface area (Å²) in [5.41, 5.74) is 3.07. The Kier molecular flexibility index (Phi) is 5.39. The number of para-hydroxylation sites is 1. The van der Waals surface area contributed by atoms with Crippen LogP contribution in [0.15, 0.2) is 53.6 Å². The normalized spacial score (nSPS) is 14.5. The van der Waals surface area contributed by atoms with Gasteiger partial charge in [-0.2, -0.15) is 0 Å². The van der Waals surface area contributed by atoms with E-state index >= 15 is 0 Å². The van der Waals surface area contributed by atoms with Gasteiger partial charge in [-0.3, -0.25) is 4.79 Å². The molecule has 1 amide bonds. The van der Waals surface area contributed by atoms with Gasteiger partial charge in [-0.1, -0.05) is 60.3 Å². The van der Waals surface area contributed by atoms with Crippen molar-refractivity contribution < 1.29 is 4.79 Å². The van der Waals surface area contributed by atoms with Crippen LogP contribution in [-0.2, 0) is 4.79 Å². The van der Waals surface area contributed by atoms with Gasteiger partial charge in [0.1, 0.15) is 5.03 Å². The molecule has 2 heterocycles. The molecular weight excluding hydrogens is 354 g/mol. The number of piperidine rings is 1. The highest BCUT2D eigenvalue weighted by atomic mass is 32.2. The minimum absolute atomic E-state index is 0.209. The van der Waals surface area contributed by atoms with Crippen molar-refractivity contribution in [3.05, 3.63) is 54.1 Å². The molecule has 2 aromatic carbocycles. The summed E-state index contributed by atoms with van der Waals surface area (Å²) >= 11 is 1.53. The van der Waals surface area contributed by atoms with E-state index in [0.29, 0.717) is 11.6 Å². The smallest absolute Gasteiger partial charge is 0.232 e. The van der Waals surface area contributed by atoms with Crippen LogP contribution in [0.5, 0.6) is 0 Å². The second-order valence-corrected chi connectivity index (χ2v) is 7.88. The molecule has 27 heavy (non-hydrogen) atoms. The predicted octanol–water partition coefficient (Wildman–Crippen LogP) is 4.71. The molecule has 1 aromatic heterocycles. The van der Waals surface area contributed by atoms with Crippen LogP contribution >= 0.6 is 11.8 Å². The van der Waals surface area contributed by atoms with Gasteiger partial charge in [0.05, 0.1) is 11.3 Å². The van der Waals surface area contributed by atoms with Crippen molar-refractivity contribution >= 4 is 28.6 Å². The Morgan fingerprint density at radius 1 is 1.00 bits per heavy atom. The van der Waals surface area contributed by atoms with E-state index in [4.69, 9.17) is 9.97 Å². The maximum atomic E-state index is 12.6. The number of aromatic nitrogens is 2. The zero-order valence-electron chi connectivity index (χ0n) is 15.5. The Bertz CT molecular complexity index is 952. The summed E-state index contributed by atoms with van der Waals surface area (Å²) in [5.74, 6) is 1.35. The largest absolute Gasteiger partial charge is 0.342 e. The highest BCUT2D eigenvalue weighted by Crippen LogP contribution is 2.30. The number of nitrogens with zero attached hydrogens (tertiary/aromatic N) is 3. The summed E-state index contributed by atoms with van der Waals surface area (Å²) in [7, 11) is 0. The van der Waals surface area contributed by atoms with Gasteiger partial charge < -0.3 is 4.90 Å². The van der Waals surface area contributed by atoms with Crippen LogP contribution < -0.4 is 0 Å². The number of hydrogen-bond acceptors (Lipinski definition) is 4. The van der Waals surface area contributed by atoms with E-state index in [0.717, 1.165) is 53.0 Å². The summed E-state index contributed by atoms with van der Waals surface area (Å²) in [4.78, 5) is 24.2. The number of amides is 1. The first-order valence-electron chi connectivity index (χ1n) is 9.46.